The van der Waals surface area contributed by atoms with Gasteiger partial charge in [0.1, 0.15) is 17.1 Å². The highest BCUT2D eigenvalue weighted by Gasteiger charge is 2.19. The van der Waals surface area contributed by atoms with Crippen LogP contribution in [0.2, 0.25) is 0 Å². The smallest absolute Gasteiger partial charge is 0.342 e. The summed E-state index contributed by atoms with van der Waals surface area (Å²) in [6, 6.07) is 5.90. The first-order valence-corrected chi connectivity index (χ1v) is 4.75. The maximum atomic E-state index is 13.5. The van der Waals surface area contributed by atoms with Crippen LogP contribution in [0.5, 0.6) is 5.88 Å². The fourth-order valence-electron chi connectivity index (χ4n) is 1.48. The number of carbonyl (C=O) groups is 1. The average molecular weight is 236 g/mol. The van der Waals surface area contributed by atoms with Crippen LogP contribution in [-0.4, -0.2) is 28.0 Å². The van der Waals surface area contributed by atoms with Crippen molar-refractivity contribution in [2.24, 2.45) is 0 Å². The summed E-state index contributed by atoms with van der Waals surface area (Å²) in [6.45, 7) is 0. The lowest BCUT2D eigenvalue weighted by atomic mass is 10.3. The van der Waals surface area contributed by atoms with E-state index < -0.39 is 11.8 Å². The molecule has 1 N–H and O–H groups in total. The van der Waals surface area contributed by atoms with Gasteiger partial charge in [0, 0.05) is 0 Å². The Morgan fingerprint density at radius 3 is 2.76 bits per heavy atom. The Bertz CT molecular complexity index is 566. The Morgan fingerprint density at radius 2 is 2.18 bits per heavy atom. The van der Waals surface area contributed by atoms with Gasteiger partial charge in [0.25, 0.3) is 0 Å². The molecule has 0 aliphatic rings. The first kappa shape index (κ1) is 11.1. The fraction of sp³-hybridized carbons (Fsp3) is 0.0909. The molecule has 1 aromatic carbocycles. The molecule has 1 aromatic heterocycles. The number of ether oxygens (including phenoxy) is 1. The van der Waals surface area contributed by atoms with Crippen molar-refractivity contribution in [2.75, 3.05) is 7.11 Å². The summed E-state index contributed by atoms with van der Waals surface area (Å²) in [6.07, 6.45) is 1.12. The minimum Gasteiger partial charge on any atom is -0.480 e. The van der Waals surface area contributed by atoms with E-state index in [2.05, 4.69) is 5.10 Å². The van der Waals surface area contributed by atoms with Gasteiger partial charge in [-0.15, -0.1) is 0 Å². The van der Waals surface area contributed by atoms with Crippen molar-refractivity contribution >= 4 is 5.97 Å². The van der Waals surface area contributed by atoms with Gasteiger partial charge in [-0.05, 0) is 12.1 Å². The molecule has 6 heteroatoms. The Kier molecular flexibility index (Phi) is 2.78. The molecule has 0 unspecified atom stereocenters. The number of para-hydroxylation sites is 1. The van der Waals surface area contributed by atoms with Crippen molar-refractivity contribution in [1.82, 2.24) is 9.78 Å². The molecular weight excluding hydrogens is 227 g/mol. The summed E-state index contributed by atoms with van der Waals surface area (Å²) < 4.78 is 19.6. The lowest BCUT2D eigenvalue weighted by Gasteiger charge is -2.07. The van der Waals surface area contributed by atoms with Crippen LogP contribution in [0, 0.1) is 5.82 Å². The number of rotatable bonds is 3. The summed E-state index contributed by atoms with van der Waals surface area (Å²) in [5.74, 6) is -1.70. The number of nitrogens with zero attached hydrogens (tertiary/aromatic N) is 2. The number of halogens is 1. The minimum atomic E-state index is -1.18. The largest absolute Gasteiger partial charge is 0.480 e. The van der Waals surface area contributed by atoms with Crippen LogP contribution in [0.1, 0.15) is 10.4 Å². The zero-order valence-electron chi connectivity index (χ0n) is 8.92. The molecule has 88 valence electrons. The fourth-order valence-corrected chi connectivity index (χ4v) is 1.48. The first-order chi connectivity index (χ1) is 8.15. The predicted molar refractivity (Wildman–Crippen MR) is 57.0 cm³/mol. The number of carboxylic acid groups (broad SMARTS) is 1. The molecule has 2 rings (SSSR count). The van der Waals surface area contributed by atoms with E-state index in [4.69, 9.17) is 9.84 Å². The van der Waals surface area contributed by atoms with Gasteiger partial charge in [-0.25, -0.2) is 9.18 Å². The van der Waals surface area contributed by atoms with Gasteiger partial charge in [0.05, 0.1) is 13.3 Å². The van der Waals surface area contributed by atoms with E-state index in [1.165, 1.54) is 25.3 Å². The van der Waals surface area contributed by atoms with Crippen LogP contribution < -0.4 is 4.74 Å². The van der Waals surface area contributed by atoms with Crippen molar-refractivity contribution in [1.29, 1.82) is 0 Å². The van der Waals surface area contributed by atoms with Gasteiger partial charge in [-0.2, -0.15) is 9.78 Å². The number of hydrogen-bond donors (Lipinski definition) is 1. The second-order valence-electron chi connectivity index (χ2n) is 3.24. The summed E-state index contributed by atoms with van der Waals surface area (Å²) >= 11 is 0. The topological polar surface area (TPSA) is 64.3 Å². The highest BCUT2D eigenvalue weighted by atomic mass is 19.1. The molecule has 2 aromatic rings. The summed E-state index contributed by atoms with van der Waals surface area (Å²) in [7, 11) is 1.31. The average Bonchev–Trinajstić information content (AvgIpc) is 2.73. The zero-order chi connectivity index (χ0) is 12.4. The van der Waals surface area contributed by atoms with Crippen molar-refractivity contribution in [2.45, 2.75) is 0 Å². The highest BCUT2D eigenvalue weighted by molar-refractivity contribution is 5.90. The normalized spacial score (nSPS) is 10.2. The Morgan fingerprint density at radius 1 is 1.47 bits per heavy atom. The maximum Gasteiger partial charge on any atom is 0.342 e. The number of hydrogen-bond acceptors (Lipinski definition) is 3. The summed E-state index contributed by atoms with van der Waals surface area (Å²) in [5, 5.41) is 12.7. The Hall–Kier alpha value is -2.37. The van der Waals surface area contributed by atoms with E-state index in [1.807, 2.05) is 0 Å². The van der Waals surface area contributed by atoms with Crippen LogP contribution in [-0.2, 0) is 0 Å². The number of aromatic carboxylic acids is 1. The third kappa shape index (κ3) is 1.84. The predicted octanol–water partition coefficient (Wildman–Crippen LogP) is 1.72. The Balaban J connectivity index is 2.61. The van der Waals surface area contributed by atoms with Gasteiger partial charge in [-0.3, -0.25) is 0 Å². The molecule has 17 heavy (non-hydrogen) atoms. The number of aromatic nitrogens is 2. The molecule has 0 aliphatic carbocycles. The van der Waals surface area contributed by atoms with Crippen LogP contribution in [0.4, 0.5) is 4.39 Å². The molecule has 1 heterocycles. The Labute approximate surface area is 96.1 Å². The number of benzene rings is 1. The standard InChI is InChI=1S/C11H9FN2O3/c1-17-10-7(11(15)16)6-13-14(10)9-5-3-2-4-8(9)12/h2-6H,1H3,(H,15,16). The van der Waals surface area contributed by atoms with E-state index >= 15 is 0 Å². The van der Waals surface area contributed by atoms with Crippen LogP contribution in [0.25, 0.3) is 5.69 Å². The molecule has 0 fully saturated rings. The van der Waals surface area contributed by atoms with Gasteiger partial charge >= 0.3 is 5.97 Å². The van der Waals surface area contributed by atoms with E-state index in [0.29, 0.717) is 0 Å². The van der Waals surface area contributed by atoms with Crippen molar-refractivity contribution in [3.8, 4) is 11.6 Å². The molecule has 0 bridgehead atoms. The lowest BCUT2D eigenvalue weighted by Crippen LogP contribution is -2.04. The van der Waals surface area contributed by atoms with Crippen molar-refractivity contribution in [3.63, 3.8) is 0 Å². The second-order valence-corrected chi connectivity index (χ2v) is 3.24. The quantitative estimate of drug-likeness (QED) is 0.881. The van der Waals surface area contributed by atoms with Gasteiger partial charge in [-0.1, -0.05) is 12.1 Å². The molecule has 0 spiro atoms. The van der Waals surface area contributed by atoms with E-state index in [9.17, 15) is 9.18 Å². The van der Waals surface area contributed by atoms with Crippen LogP contribution in [0.15, 0.2) is 30.5 Å². The molecule has 0 saturated heterocycles. The third-order valence-corrected chi connectivity index (χ3v) is 2.23. The first-order valence-electron chi connectivity index (χ1n) is 4.75. The third-order valence-electron chi connectivity index (χ3n) is 2.23. The summed E-state index contributed by atoms with van der Waals surface area (Å²) in [5.41, 5.74) is 0.0209. The molecular formula is C11H9FN2O3. The van der Waals surface area contributed by atoms with E-state index in [1.54, 1.807) is 6.07 Å². The second kappa shape index (κ2) is 4.25. The maximum absolute atomic E-state index is 13.5. The summed E-state index contributed by atoms with van der Waals surface area (Å²) in [4.78, 5) is 10.9. The van der Waals surface area contributed by atoms with Gasteiger partial charge < -0.3 is 9.84 Å². The van der Waals surface area contributed by atoms with Gasteiger partial charge in [0.2, 0.25) is 5.88 Å². The molecule has 0 aliphatic heterocycles. The van der Waals surface area contributed by atoms with Crippen LogP contribution >= 0.6 is 0 Å². The van der Waals surface area contributed by atoms with Gasteiger partial charge in [0.15, 0.2) is 0 Å². The number of methoxy groups -OCH3 is 1. The number of carboxylic acids is 1. The minimum absolute atomic E-state index is 0.0115. The molecule has 5 nitrogen and oxygen atoms in total. The molecule has 0 amide bonds. The molecule has 0 saturated carbocycles. The van der Waals surface area contributed by atoms with Crippen molar-refractivity contribution in [3.05, 3.63) is 41.8 Å². The van der Waals surface area contributed by atoms with E-state index in [0.717, 1.165) is 10.9 Å². The zero-order valence-corrected chi connectivity index (χ0v) is 8.92. The SMILES string of the molecule is COc1c(C(=O)O)cnn1-c1ccccc1F. The van der Waals surface area contributed by atoms with E-state index in [-0.39, 0.29) is 17.1 Å². The molecule has 0 radical (unpaired) electrons. The lowest BCUT2D eigenvalue weighted by molar-refractivity contribution is 0.0693. The van der Waals surface area contributed by atoms with Crippen LogP contribution in [0.3, 0.4) is 0 Å². The highest BCUT2D eigenvalue weighted by Crippen LogP contribution is 2.23. The monoisotopic (exact) mass is 236 g/mol. The molecule has 0 atom stereocenters. The van der Waals surface area contributed by atoms with Crippen molar-refractivity contribution < 1.29 is 19.0 Å².